The maximum Gasteiger partial charge on any atom is 0.339 e. The summed E-state index contributed by atoms with van der Waals surface area (Å²) in [6, 6.07) is 28.6. The molecule has 0 unspecified atom stereocenters. The van der Waals surface area contributed by atoms with Gasteiger partial charge in [-0.05, 0) is 67.4 Å². The molecular weight excluding hydrogens is 568 g/mol. The standard InChI is InChI=1S/C33H30N2O7S/c1-23-13-19-29(20-14-23)43(39,40)42-28-17-15-25(16-18-28)21-30(35-31(36)27-11-7-4-8-12-27)32(37)34-24(2)33(38)41-22-26-9-5-3-6-10-26/h3-21,24H,22H2,1-2H3,(H,34,37)(H,35,36)/b30-21+/t24-/m1/s1. The Hall–Kier alpha value is -5.22. The van der Waals surface area contributed by atoms with Gasteiger partial charge in [-0.15, -0.1) is 0 Å². The number of hydrogen-bond donors (Lipinski definition) is 2. The first-order valence-corrected chi connectivity index (χ1v) is 14.7. The van der Waals surface area contributed by atoms with E-state index in [4.69, 9.17) is 8.92 Å². The van der Waals surface area contributed by atoms with Gasteiger partial charge in [0.15, 0.2) is 0 Å². The van der Waals surface area contributed by atoms with Crippen molar-refractivity contribution >= 4 is 34.0 Å². The van der Waals surface area contributed by atoms with Crippen molar-refractivity contribution in [2.75, 3.05) is 0 Å². The molecule has 9 nitrogen and oxygen atoms in total. The topological polar surface area (TPSA) is 128 Å². The predicted molar refractivity (Wildman–Crippen MR) is 161 cm³/mol. The number of aryl methyl sites for hydroxylation is 1. The van der Waals surface area contributed by atoms with E-state index in [1.54, 1.807) is 42.5 Å². The lowest BCUT2D eigenvalue weighted by Crippen LogP contribution is -2.43. The number of nitrogens with one attached hydrogen (secondary N) is 2. The van der Waals surface area contributed by atoms with Gasteiger partial charge in [-0.3, -0.25) is 9.59 Å². The van der Waals surface area contributed by atoms with Crippen LogP contribution in [0, 0.1) is 6.92 Å². The second-order valence-corrected chi connectivity index (χ2v) is 11.1. The maximum absolute atomic E-state index is 13.2. The molecule has 0 bridgehead atoms. The SMILES string of the molecule is Cc1ccc(S(=O)(=O)Oc2ccc(/C=C(/NC(=O)c3ccccc3)C(=O)N[C@H](C)C(=O)OCc3ccccc3)cc2)cc1. The van der Waals surface area contributed by atoms with Gasteiger partial charge in [0, 0.05) is 5.56 Å². The Morgan fingerprint density at radius 2 is 1.42 bits per heavy atom. The Labute approximate surface area is 250 Å². The van der Waals surface area contributed by atoms with Gasteiger partial charge >= 0.3 is 16.1 Å². The lowest BCUT2D eigenvalue weighted by atomic mass is 10.1. The molecule has 0 spiro atoms. The van der Waals surface area contributed by atoms with E-state index in [2.05, 4.69) is 10.6 Å². The van der Waals surface area contributed by atoms with Gasteiger partial charge in [-0.2, -0.15) is 8.42 Å². The third kappa shape index (κ3) is 8.88. The first-order chi connectivity index (χ1) is 20.6. The van der Waals surface area contributed by atoms with Gasteiger partial charge < -0.3 is 19.6 Å². The highest BCUT2D eigenvalue weighted by atomic mass is 32.2. The number of esters is 1. The van der Waals surface area contributed by atoms with E-state index in [1.807, 2.05) is 37.3 Å². The first kappa shape index (κ1) is 30.7. The Kier molecular flexibility index (Phi) is 10.1. The number of hydrogen-bond acceptors (Lipinski definition) is 7. The van der Waals surface area contributed by atoms with Crippen LogP contribution in [0.15, 0.2) is 120 Å². The van der Waals surface area contributed by atoms with Crippen molar-refractivity contribution in [3.05, 3.63) is 137 Å². The monoisotopic (exact) mass is 598 g/mol. The van der Waals surface area contributed by atoms with Crippen molar-refractivity contribution in [3.63, 3.8) is 0 Å². The summed E-state index contributed by atoms with van der Waals surface area (Å²) in [5.41, 5.74) is 2.34. The maximum atomic E-state index is 13.2. The molecule has 1 atom stereocenters. The molecule has 2 amide bonds. The highest BCUT2D eigenvalue weighted by molar-refractivity contribution is 7.87. The summed E-state index contributed by atoms with van der Waals surface area (Å²) in [5.74, 6) is -1.85. The number of amides is 2. The molecule has 0 radical (unpaired) electrons. The van der Waals surface area contributed by atoms with Crippen molar-refractivity contribution in [2.45, 2.75) is 31.4 Å². The van der Waals surface area contributed by atoms with E-state index in [0.29, 0.717) is 11.1 Å². The minimum absolute atomic E-state index is 0.0149. The van der Waals surface area contributed by atoms with Crippen LogP contribution in [0.25, 0.3) is 6.08 Å². The normalized spacial score (nSPS) is 12.1. The van der Waals surface area contributed by atoms with Crippen LogP contribution >= 0.6 is 0 Å². The average Bonchev–Trinajstić information content (AvgIpc) is 3.01. The molecule has 0 aromatic heterocycles. The van der Waals surface area contributed by atoms with E-state index in [9.17, 15) is 22.8 Å². The van der Waals surface area contributed by atoms with Crippen molar-refractivity contribution in [2.24, 2.45) is 0 Å². The van der Waals surface area contributed by atoms with Crippen LogP contribution in [0.4, 0.5) is 0 Å². The number of ether oxygens (including phenoxy) is 1. The predicted octanol–water partition coefficient (Wildman–Crippen LogP) is 4.78. The van der Waals surface area contributed by atoms with Gasteiger partial charge in [0.1, 0.15) is 29.0 Å². The second-order valence-electron chi connectivity index (χ2n) is 9.59. The highest BCUT2D eigenvalue weighted by Crippen LogP contribution is 2.20. The number of rotatable bonds is 11. The van der Waals surface area contributed by atoms with Crippen molar-refractivity contribution in [3.8, 4) is 5.75 Å². The van der Waals surface area contributed by atoms with E-state index >= 15 is 0 Å². The molecular formula is C33H30N2O7S. The second kappa shape index (κ2) is 14.1. The van der Waals surface area contributed by atoms with Gasteiger partial charge in [-0.25, -0.2) is 4.79 Å². The average molecular weight is 599 g/mol. The number of carbonyl (C=O) groups excluding carboxylic acids is 3. The molecule has 4 aromatic carbocycles. The molecule has 0 saturated heterocycles. The third-order valence-electron chi connectivity index (χ3n) is 6.16. The lowest BCUT2D eigenvalue weighted by Gasteiger charge is -2.16. The summed E-state index contributed by atoms with van der Waals surface area (Å²) in [6.07, 6.45) is 1.40. The molecule has 0 aliphatic carbocycles. The fourth-order valence-electron chi connectivity index (χ4n) is 3.80. The minimum atomic E-state index is -4.05. The Balaban J connectivity index is 1.49. The Morgan fingerprint density at radius 1 is 0.814 bits per heavy atom. The first-order valence-electron chi connectivity index (χ1n) is 13.3. The van der Waals surface area contributed by atoms with Crippen LogP contribution < -0.4 is 14.8 Å². The van der Waals surface area contributed by atoms with E-state index in [-0.39, 0.29) is 22.9 Å². The van der Waals surface area contributed by atoms with Gasteiger partial charge in [-0.1, -0.05) is 78.4 Å². The summed E-state index contributed by atoms with van der Waals surface area (Å²) in [6.45, 7) is 3.36. The molecule has 10 heteroatoms. The van der Waals surface area contributed by atoms with Gasteiger partial charge in [0.25, 0.3) is 11.8 Å². The summed E-state index contributed by atoms with van der Waals surface area (Å²) in [7, 11) is -4.05. The fourth-order valence-corrected chi connectivity index (χ4v) is 4.73. The molecule has 220 valence electrons. The Morgan fingerprint density at radius 3 is 2.05 bits per heavy atom. The number of carbonyl (C=O) groups is 3. The quantitative estimate of drug-likeness (QED) is 0.144. The third-order valence-corrected chi connectivity index (χ3v) is 7.42. The zero-order chi connectivity index (χ0) is 30.8. The van der Waals surface area contributed by atoms with Crippen LogP contribution in [0.1, 0.15) is 34.0 Å². The van der Waals surface area contributed by atoms with Crippen molar-refractivity contribution in [1.29, 1.82) is 0 Å². The van der Waals surface area contributed by atoms with Crippen LogP contribution in [0.2, 0.25) is 0 Å². The van der Waals surface area contributed by atoms with E-state index < -0.39 is 33.9 Å². The zero-order valence-corrected chi connectivity index (χ0v) is 24.3. The number of benzene rings is 4. The molecule has 0 heterocycles. The van der Waals surface area contributed by atoms with E-state index in [0.717, 1.165) is 11.1 Å². The molecule has 4 rings (SSSR count). The molecule has 0 saturated carbocycles. The van der Waals surface area contributed by atoms with Crippen LogP contribution in [0.5, 0.6) is 5.75 Å². The molecule has 2 N–H and O–H groups in total. The van der Waals surface area contributed by atoms with Crippen LogP contribution in [-0.2, 0) is 31.1 Å². The molecule has 4 aromatic rings. The zero-order valence-electron chi connectivity index (χ0n) is 23.5. The summed E-state index contributed by atoms with van der Waals surface area (Å²) < 4.78 is 35.8. The van der Waals surface area contributed by atoms with Crippen LogP contribution in [0.3, 0.4) is 0 Å². The highest BCUT2D eigenvalue weighted by Gasteiger charge is 2.22. The summed E-state index contributed by atoms with van der Waals surface area (Å²) in [5, 5.41) is 5.15. The lowest BCUT2D eigenvalue weighted by molar-refractivity contribution is -0.148. The van der Waals surface area contributed by atoms with Gasteiger partial charge in [0.05, 0.1) is 0 Å². The largest absolute Gasteiger partial charge is 0.459 e. The van der Waals surface area contributed by atoms with Crippen molar-refractivity contribution < 1.29 is 31.7 Å². The van der Waals surface area contributed by atoms with Crippen LogP contribution in [-0.4, -0.2) is 32.2 Å². The van der Waals surface area contributed by atoms with Gasteiger partial charge in [0.2, 0.25) is 0 Å². The fraction of sp³-hybridized carbons (Fsp3) is 0.121. The van der Waals surface area contributed by atoms with E-state index in [1.165, 1.54) is 49.4 Å². The Bertz CT molecular complexity index is 1700. The summed E-state index contributed by atoms with van der Waals surface area (Å²) >= 11 is 0. The molecule has 0 fully saturated rings. The summed E-state index contributed by atoms with van der Waals surface area (Å²) in [4.78, 5) is 38.7. The minimum Gasteiger partial charge on any atom is -0.459 e. The smallest absolute Gasteiger partial charge is 0.339 e. The van der Waals surface area contributed by atoms with Crippen molar-refractivity contribution in [1.82, 2.24) is 10.6 Å². The molecule has 0 aliphatic heterocycles. The molecule has 0 aliphatic rings. The molecule has 43 heavy (non-hydrogen) atoms.